The lowest BCUT2D eigenvalue weighted by atomic mass is 10.0. The summed E-state index contributed by atoms with van der Waals surface area (Å²) in [4.78, 5) is 0. The number of benzene rings is 2. The molecule has 0 aromatic heterocycles. The van der Waals surface area contributed by atoms with E-state index in [1.165, 1.54) is 16.7 Å². The van der Waals surface area contributed by atoms with E-state index in [-0.39, 0.29) is 6.10 Å². The lowest BCUT2D eigenvalue weighted by molar-refractivity contribution is 0.180. The number of aliphatic hydroxyl groups is 1. The molecule has 0 saturated carbocycles. The fourth-order valence-electron chi connectivity index (χ4n) is 2.96. The minimum absolute atomic E-state index is 0.275. The maximum absolute atomic E-state index is 9.93. The Bertz CT molecular complexity index is 656. The molecule has 1 aliphatic carbocycles. The summed E-state index contributed by atoms with van der Waals surface area (Å²) in [5.74, 6) is 0.899. The smallest absolute Gasteiger partial charge is 0.118 e. The van der Waals surface area contributed by atoms with Gasteiger partial charge in [0.25, 0.3) is 0 Å². The molecule has 1 aliphatic rings. The molecule has 2 heteroatoms. The zero-order valence-electron chi connectivity index (χ0n) is 13.0. The first-order valence-electron chi connectivity index (χ1n) is 7.86. The number of aryl methyl sites for hydroxylation is 2. The van der Waals surface area contributed by atoms with Gasteiger partial charge in [-0.05, 0) is 66.1 Å². The Balaban J connectivity index is 1.57. The van der Waals surface area contributed by atoms with Gasteiger partial charge in [-0.3, -0.25) is 0 Å². The lowest BCUT2D eigenvalue weighted by Gasteiger charge is -2.05. The Morgan fingerprint density at radius 1 is 1.18 bits per heavy atom. The van der Waals surface area contributed by atoms with Crippen LogP contribution in [-0.4, -0.2) is 12.2 Å². The van der Waals surface area contributed by atoms with E-state index >= 15 is 0 Å². The molecular weight excluding hydrogens is 272 g/mol. The molecule has 0 fully saturated rings. The van der Waals surface area contributed by atoms with Crippen molar-refractivity contribution in [3.8, 4) is 5.75 Å². The quantitative estimate of drug-likeness (QED) is 0.890. The van der Waals surface area contributed by atoms with Gasteiger partial charge in [-0.2, -0.15) is 0 Å². The highest BCUT2D eigenvalue weighted by atomic mass is 16.5. The first-order chi connectivity index (χ1) is 10.8. The predicted octanol–water partition coefficient (Wildman–Crippen LogP) is 4.32. The second-order valence-corrected chi connectivity index (χ2v) is 5.80. The summed E-state index contributed by atoms with van der Waals surface area (Å²) in [6.45, 7) is 0. The summed E-state index contributed by atoms with van der Waals surface area (Å²) in [6, 6.07) is 14.6. The van der Waals surface area contributed by atoms with Gasteiger partial charge in [0.15, 0.2) is 0 Å². The molecule has 0 aliphatic heterocycles. The summed E-state index contributed by atoms with van der Waals surface area (Å²) in [7, 11) is 1.69. The molecule has 1 N–H and O–H groups in total. The van der Waals surface area contributed by atoms with Gasteiger partial charge >= 0.3 is 0 Å². The largest absolute Gasteiger partial charge is 0.497 e. The molecule has 0 radical (unpaired) electrons. The zero-order valence-corrected chi connectivity index (χ0v) is 13.0. The van der Waals surface area contributed by atoms with Crippen LogP contribution in [0.5, 0.6) is 5.75 Å². The van der Waals surface area contributed by atoms with Crippen molar-refractivity contribution in [2.24, 2.45) is 0 Å². The highest BCUT2D eigenvalue weighted by molar-refractivity contribution is 5.53. The third-order valence-corrected chi connectivity index (χ3v) is 4.29. The van der Waals surface area contributed by atoms with Crippen LogP contribution in [0.25, 0.3) is 6.08 Å². The van der Waals surface area contributed by atoms with Crippen LogP contribution in [0.2, 0.25) is 0 Å². The van der Waals surface area contributed by atoms with Gasteiger partial charge in [0.1, 0.15) is 5.75 Å². The van der Waals surface area contributed by atoms with E-state index in [9.17, 15) is 5.11 Å². The minimum Gasteiger partial charge on any atom is -0.497 e. The molecule has 0 spiro atoms. The Labute approximate surface area is 132 Å². The molecule has 0 bridgehead atoms. The Morgan fingerprint density at radius 2 is 2.00 bits per heavy atom. The second kappa shape index (κ2) is 6.80. The van der Waals surface area contributed by atoms with Gasteiger partial charge in [0.2, 0.25) is 0 Å². The summed E-state index contributed by atoms with van der Waals surface area (Å²) in [5, 5.41) is 9.93. The number of allylic oxidation sites excluding steroid dienone is 1. The lowest BCUT2D eigenvalue weighted by Crippen LogP contribution is -1.90. The summed E-state index contributed by atoms with van der Waals surface area (Å²) in [6.07, 6.45) is 7.96. The molecule has 0 heterocycles. The van der Waals surface area contributed by atoms with E-state index in [0.717, 1.165) is 37.0 Å². The van der Waals surface area contributed by atoms with E-state index in [0.29, 0.717) is 0 Å². The number of rotatable bonds is 5. The summed E-state index contributed by atoms with van der Waals surface area (Å²) >= 11 is 0. The number of ether oxygens (including phenoxy) is 1. The molecule has 114 valence electrons. The summed E-state index contributed by atoms with van der Waals surface area (Å²) in [5.41, 5.74) is 4.89. The highest BCUT2D eigenvalue weighted by Gasteiger charge is 2.19. The van der Waals surface area contributed by atoms with Gasteiger partial charge < -0.3 is 9.84 Å². The van der Waals surface area contributed by atoms with Crippen molar-refractivity contribution in [3.63, 3.8) is 0 Å². The molecule has 1 atom stereocenters. The van der Waals surface area contributed by atoms with E-state index in [2.05, 4.69) is 42.5 Å². The SMILES string of the molecule is COc1ccc(CCC=Cc2ccc3c(c2)C(O)CC3)cc1. The first-order valence-corrected chi connectivity index (χ1v) is 7.86. The van der Waals surface area contributed by atoms with Crippen LogP contribution in [0.3, 0.4) is 0 Å². The van der Waals surface area contributed by atoms with E-state index in [1.807, 2.05) is 12.1 Å². The second-order valence-electron chi connectivity index (χ2n) is 5.80. The van der Waals surface area contributed by atoms with Crippen molar-refractivity contribution in [1.29, 1.82) is 0 Å². The molecule has 2 aromatic rings. The monoisotopic (exact) mass is 294 g/mol. The molecular formula is C20H22O2. The molecule has 0 saturated heterocycles. The molecule has 0 amide bonds. The molecule has 2 aromatic carbocycles. The van der Waals surface area contributed by atoms with Crippen LogP contribution >= 0.6 is 0 Å². The Hall–Kier alpha value is -2.06. The van der Waals surface area contributed by atoms with Gasteiger partial charge in [-0.1, -0.05) is 36.4 Å². The van der Waals surface area contributed by atoms with Crippen molar-refractivity contribution in [2.75, 3.05) is 7.11 Å². The van der Waals surface area contributed by atoms with Crippen molar-refractivity contribution in [2.45, 2.75) is 31.8 Å². The van der Waals surface area contributed by atoms with Gasteiger partial charge in [0, 0.05) is 0 Å². The van der Waals surface area contributed by atoms with Crippen molar-refractivity contribution < 1.29 is 9.84 Å². The zero-order chi connectivity index (χ0) is 15.4. The normalized spacial score (nSPS) is 16.9. The third kappa shape index (κ3) is 3.40. The average molecular weight is 294 g/mol. The van der Waals surface area contributed by atoms with Crippen LogP contribution in [0.1, 0.15) is 41.2 Å². The van der Waals surface area contributed by atoms with Gasteiger partial charge in [-0.15, -0.1) is 0 Å². The van der Waals surface area contributed by atoms with Crippen molar-refractivity contribution in [3.05, 3.63) is 70.8 Å². The summed E-state index contributed by atoms with van der Waals surface area (Å²) < 4.78 is 5.16. The first kappa shape index (κ1) is 14.9. The van der Waals surface area contributed by atoms with Crippen LogP contribution in [-0.2, 0) is 12.8 Å². The van der Waals surface area contributed by atoms with E-state index in [4.69, 9.17) is 4.74 Å². The van der Waals surface area contributed by atoms with Crippen LogP contribution < -0.4 is 4.74 Å². The topological polar surface area (TPSA) is 29.5 Å². The fraction of sp³-hybridized carbons (Fsp3) is 0.300. The molecule has 3 rings (SSSR count). The van der Waals surface area contributed by atoms with Crippen LogP contribution in [0.4, 0.5) is 0 Å². The predicted molar refractivity (Wildman–Crippen MR) is 90.1 cm³/mol. The molecule has 1 unspecified atom stereocenters. The Kier molecular flexibility index (Phi) is 4.59. The number of hydrogen-bond donors (Lipinski definition) is 1. The van der Waals surface area contributed by atoms with Gasteiger partial charge in [-0.25, -0.2) is 0 Å². The van der Waals surface area contributed by atoms with Crippen molar-refractivity contribution >= 4 is 6.08 Å². The van der Waals surface area contributed by atoms with Crippen LogP contribution in [0, 0.1) is 0 Å². The number of hydrogen-bond acceptors (Lipinski definition) is 2. The number of aliphatic hydroxyl groups excluding tert-OH is 1. The van der Waals surface area contributed by atoms with E-state index < -0.39 is 0 Å². The third-order valence-electron chi connectivity index (χ3n) is 4.29. The Morgan fingerprint density at radius 3 is 2.77 bits per heavy atom. The molecule has 22 heavy (non-hydrogen) atoms. The maximum atomic E-state index is 9.93. The molecule has 2 nitrogen and oxygen atoms in total. The van der Waals surface area contributed by atoms with Crippen LogP contribution in [0.15, 0.2) is 48.5 Å². The number of methoxy groups -OCH3 is 1. The average Bonchev–Trinajstić information content (AvgIpc) is 2.93. The number of fused-ring (bicyclic) bond motifs is 1. The minimum atomic E-state index is -0.275. The standard InChI is InChI=1S/C20H22O2/c1-22-18-11-7-15(8-12-18)4-2-3-5-16-6-9-17-10-13-20(21)19(17)14-16/h3,5-9,11-12,14,20-21H,2,4,10,13H2,1H3. The van der Waals surface area contributed by atoms with Crippen molar-refractivity contribution in [1.82, 2.24) is 0 Å². The fourth-order valence-corrected chi connectivity index (χ4v) is 2.96. The van der Waals surface area contributed by atoms with Gasteiger partial charge in [0.05, 0.1) is 13.2 Å². The van der Waals surface area contributed by atoms with E-state index in [1.54, 1.807) is 7.11 Å². The highest BCUT2D eigenvalue weighted by Crippen LogP contribution is 2.31. The maximum Gasteiger partial charge on any atom is 0.118 e.